The number of para-hydroxylation sites is 2. The Balaban J connectivity index is 2.07. The minimum absolute atomic E-state index is 0.408. The highest BCUT2D eigenvalue weighted by Crippen LogP contribution is 2.27. The van der Waals surface area contributed by atoms with Gasteiger partial charge in [-0.3, -0.25) is 9.59 Å². The number of anilines is 2. The molecule has 0 heterocycles. The number of carbonyl (C=O) groups is 2. The van der Waals surface area contributed by atoms with E-state index in [4.69, 9.17) is 9.47 Å². The van der Waals surface area contributed by atoms with E-state index < -0.39 is 17.2 Å². The summed E-state index contributed by atoms with van der Waals surface area (Å²) in [6.07, 6.45) is 0. The normalized spacial score (nSPS) is 10.8. The van der Waals surface area contributed by atoms with Crippen molar-refractivity contribution in [3.63, 3.8) is 0 Å². The van der Waals surface area contributed by atoms with Crippen LogP contribution in [0.3, 0.4) is 0 Å². The zero-order chi connectivity index (χ0) is 19.2. The lowest BCUT2D eigenvalue weighted by molar-refractivity contribution is -0.135. The van der Waals surface area contributed by atoms with Gasteiger partial charge >= 0.3 is 0 Å². The van der Waals surface area contributed by atoms with Gasteiger partial charge in [0.15, 0.2) is 0 Å². The molecule has 0 aliphatic rings. The van der Waals surface area contributed by atoms with E-state index in [1.54, 1.807) is 62.4 Å². The van der Waals surface area contributed by atoms with Crippen LogP contribution < -0.4 is 20.1 Å². The standard InChI is InChI=1S/C20H24N2O4/c1-5-26-15-12-10-14(11-13-15)21-18(23)20(2,3)19(24)22-16-8-6-7-9-17(16)25-4/h6-13H,5H2,1-4H3,(H,21,23)(H,22,24). The fourth-order valence-electron chi connectivity index (χ4n) is 2.22. The minimum atomic E-state index is -1.28. The SMILES string of the molecule is CCOc1ccc(NC(=O)C(C)(C)C(=O)Nc2ccccc2OC)cc1. The summed E-state index contributed by atoms with van der Waals surface area (Å²) in [5.74, 6) is 0.418. The van der Waals surface area contributed by atoms with E-state index in [0.29, 0.717) is 23.7 Å². The molecule has 0 saturated heterocycles. The molecule has 138 valence electrons. The number of benzene rings is 2. The first-order valence-electron chi connectivity index (χ1n) is 8.37. The van der Waals surface area contributed by atoms with Crippen molar-refractivity contribution in [1.82, 2.24) is 0 Å². The number of carbonyl (C=O) groups excluding carboxylic acids is 2. The molecular weight excluding hydrogens is 332 g/mol. The van der Waals surface area contributed by atoms with Crippen LogP contribution in [-0.4, -0.2) is 25.5 Å². The summed E-state index contributed by atoms with van der Waals surface area (Å²) < 4.78 is 10.6. The number of amides is 2. The van der Waals surface area contributed by atoms with E-state index in [-0.39, 0.29) is 0 Å². The van der Waals surface area contributed by atoms with Crippen molar-refractivity contribution in [2.75, 3.05) is 24.4 Å². The molecule has 0 aliphatic carbocycles. The average molecular weight is 356 g/mol. The van der Waals surface area contributed by atoms with E-state index in [9.17, 15) is 9.59 Å². The third-order valence-corrected chi connectivity index (χ3v) is 3.91. The van der Waals surface area contributed by atoms with Gasteiger partial charge in [0.05, 0.1) is 19.4 Å². The molecule has 6 nitrogen and oxygen atoms in total. The van der Waals surface area contributed by atoms with E-state index >= 15 is 0 Å². The molecule has 0 aliphatic heterocycles. The first-order valence-corrected chi connectivity index (χ1v) is 8.37. The minimum Gasteiger partial charge on any atom is -0.495 e. The van der Waals surface area contributed by atoms with E-state index in [1.807, 2.05) is 6.92 Å². The van der Waals surface area contributed by atoms with E-state index in [1.165, 1.54) is 7.11 Å². The summed E-state index contributed by atoms with van der Waals surface area (Å²) in [7, 11) is 1.52. The topological polar surface area (TPSA) is 76.7 Å². The predicted octanol–water partition coefficient (Wildman–Crippen LogP) is 3.70. The van der Waals surface area contributed by atoms with Crippen LogP contribution >= 0.6 is 0 Å². The molecule has 0 fully saturated rings. The number of nitrogens with one attached hydrogen (secondary N) is 2. The van der Waals surface area contributed by atoms with Gasteiger partial charge in [0.2, 0.25) is 11.8 Å². The third-order valence-electron chi connectivity index (χ3n) is 3.91. The molecule has 2 amide bonds. The molecule has 0 bridgehead atoms. The number of methoxy groups -OCH3 is 1. The highest BCUT2D eigenvalue weighted by Gasteiger charge is 2.36. The van der Waals surface area contributed by atoms with Gasteiger partial charge in [-0.25, -0.2) is 0 Å². The van der Waals surface area contributed by atoms with Gasteiger partial charge in [-0.1, -0.05) is 12.1 Å². The molecule has 26 heavy (non-hydrogen) atoms. The lowest BCUT2D eigenvalue weighted by Gasteiger charge is -2.23. The molecule has 0 aromatic heterocycles. The van der Waals surface area contributed by atoms with Gasteiger partial charge in [-0.15, -0.1) is 0 Å². The second-order valence-corrected chi connectivity index (χ2v) is 6.19. The summed E-state index contributed by atoms with van der Waals surface area (Å²) in [5, 5.41) is 5.51. The quantitative estimate of drug-likeness (QED) is 0.742. The third kappa shape index (κ3) is 4.53. The van der Waals surface area contributed by atoms with Gasteiger partial charge in [0.25, 0.3) is 0 Å². The van der Waals surface area contributed by atoms with Crippen molar-refractivity contribution >= 4 is 23.2 Å². The summed E-state index contributed by atoms with van der Waals surface area (Å²) in [5.41, 5.74) is -0.169. The molecule has 0 spiro atoms. The summed E-state index contributed by atoms with van der Waals surface area (Å²) in [4.78, 5) is 25.2. The van der Waals surface area contributed by atoms with Crippen LogP contribution in [0.5, 0.6) is 11.5 Å². The molecule has 2 N–H and O–H groups in total. The zero-order valence-electron chi connectivity index (χ0n) is 15.5. The Morgan fingerprint density at radius 3 is 2.19 bits per heavy atom. The van der Waals surface area contributed by atoms with E-state index in [0.717, 1.165) is 5.75 Å². The maximum atomic E-state index is 12.6. The Morgan fingerprint density at radius 1 is 0.962 bits per heavy atom. The van der Waals surface area contributed by atoms with Gasteiger partial charge in [-0.05, 0) is 57.2 Å². The number of rotatable bonds is 7. The molecule has 2 aromatic rings. The van der Waals surface area contributed by atoms with Crippen LogP contribution in [0.2, 0.25) is 0 Å². The van der Waals surface area contributed by atoms with Crippen molar-refractivity contribution < 1.29 is 19.1 Å². The van der Waals surface area contributed by atoms with E-state index in [2.05, 4.69) is 10.6 Å². The molecule has 2 rings (SSSR count). The number of ether oxygens (including phenoxy) is 2. The van der Waals surface area contributed by atoms with Crippen molar-refractivity contribution in [2.45, 2.75) is 20.8 Å². The first-order chi connectivity index (χ1) is 12.4. The first kappa shape index (κ1) is 19.3. The van der Waals surface area contributed by atoms with Gasteiger partial charge in [0.1, 0.15) is 16.9 Å². The maximum Gasteiger partial charge on any atom is 0.239 e. The summed E-state index contributed by atoms with van der Waals surface area (Å²) >= 11 is 0. The fraction of sp³-hybridized carbons (Fsp3) is 0.300. The Morgan fingerprint density at radius 2 is 1.58 bits per heavy atom. The van der Waals surface area contributed by atoms with Crippen molar-refractivity contribution in [3.05, 3.63) is 48.5 Å². The average Bonchev–Trinajstić information content (AvgIpc) is 2.63. The van der Waals surface area contributed by atoms with Crippen molar-refractivity contribution in [1.29, 1.82) is 0 Å². The number of hydrogen-bond donors (Lipinski definition) is 2. The second-order valence-electron chi connectivity index (χ2n) is 6.19. The second kappa shape index (κ2) is 8.38. The van der Waals surface area contributed by atoms with Crippen LogP contribution in [0.15, 0.2) is 48.5 Å². The Kier molecular flexibility index (Phi) is 6.22. The molecule has 6 heteroatoms. The molecule has 0 unspecified atom stereocenters. The molecule has 0 atom stereocenters. The Bertz CT molecular complexity index is 770. The number of hydrogen-bond acceptors (Lipinski definition) is 4. The van der Waals surface area contributed by atoms with Crippen LogP contribution in [0.1, 0.15) is 20.8 Å². The lowest BCUT2D eigenvalue weighted by Crippen LogP contribution is -2.41. The molecular formula is C20H24N2O4. The maximum absolute atomic E-state index is 12.6. The highest BCUT2D eigenvalue weighted by atomic mass is 16.5. The van der Waals surface area contributed by atoms with Crippen molar-refractivity contribution in [2.24, 2.45) is 5.41 Å². The van der Waals surface area contributed by atoms with Crippen LogP contribution in [0.4, 0.5) is 11.4 Å². The largest absolute Gasteiger partial charge is 0.495 e. The Labute approximate surface area is 153 Å². The zero-order valence-corrected chi connectivity index (χ0v) is 15.5. The van der Waals surface area contributed by atoms with Gasteiger partial charge < -0.3 is 20.1 Å². The van der Waals surface area contributed by atoms with Crippen molar-refractivity contribution in [3.8, 4) is 11.5 Å². The predicted molar refractivity (Wildman–Crippen MR) is 102 cm³/mol. The smallest absolute Gasteiger partial charge is 0.239 e. The summed E-state index contributed by atoms with van der Waals surface area (Å²) in [6.45, 7) is 5.61. The molecule has 2 aromatic carbocycles. The lowest BCUT2D eigenvalue weighted by atomic mass is 9.90. The van der Waals surface area contributed by atoms with Gasteiger partial charge in [0, 0.05) is 5.69 Å². The highest BCUT2D eigenvalue weighted by molar-refractivity contribution is 6.14. The summed E-state index contributed by atoms with van der Waals surface area (Å²) in [6, 6.07) is 14.0. The van der Waals surface area contributed by atoms with Crippen LogP contribution in [-0.2, 0) is 9.59 Å². The molecule has 0 radical (unpaired) electrons. The van der Waals surface area contributed by atoms with Crippen LogP contribution in [0, 0.1) is 5.41 Å². The van der Waals surface area contributed by atoms with Crippen LogP contribution in [0.25, 0.3) is 0 Å². The molecule has 0 saturated carbocycles. The fourth-order valence-corrected chi connectivity index (χ4v) is 2.22. The Hall–Kier alpha value is -3.02. The van der Waals surface area contributed by atoms with Gasteiger partial charge in [-0.2, -0.15) is 0 Å². The monoisotopic (exact) mass is 356 g/mol.